The Morgan fingerprint density at radius 1 is 0.939 bits per heavy atom. The molecule has 3 aromatic carbocycles. The minimum atomic E-state index is -0.773. The van der Waals surface area contributed by atoms with Crippen LogP contribution >= 0.6 is 34.8 Å². The van der Waals surface area contributed by atoms with Gasteiger partial charge in [0, 0.05) is 35.1 Å². The average molecular weight is 506 g/mol. The Kier molecular flexibility index (Phi) is 9.01. The highest BCUT2D eigenvalue weighted by Gasteiger charge is 2.30. The van der Waals surface area contributed by atoms with Crippen LogP contribution in [-0.2, 0) is 22.6 Å². The molecule has 0 unspecified atom stereocenters. The molecule has 0 aliphatic carbocycles. The van der Waals surface area contributed by atoms with Crippen LogP contribution in [0, 0.1) is 0 Å². The Morgan fingerprint density at radius 2 is 1.61 bits per heavy atom. The SMILES string of the molecule is CNC(=O)[C@H](Cc1ccccc1)N(Cc1ccc(Cl)cc1Cl)C(=O)COc1ccc(Cl)cc1. The molecule has 8 heteroatoms. The summed E-state index contributed by atoms with van der Waals surface area (Å²) in [6.07, 6.45) is 0.332. The Bertz CT molecular complexity index is 1090. The van der Waals surface area contributed by atoms with Crippen LogP contribution in [0.15, 0.2) is 72.8 Å². The molecule has 0 bridgehead atoms. The molecule has 0 radical (unpaired) electrons. The first-order valence-corrected chi connectivity index (χ1v) is 11.4. The molecule has 5 nitrogen and oxygen atoms in total. The number of amides is 2. The quantitative estimate of drug-likeness (QED) is 0.423. The maximum atomic E-state index is 13.3. The Hall–Kier alpha value is -2.73. The fraction of sp³-hybridized carbons (Fsp3) is 0.200. The van der Waals surface area contributed by atoms with Gasteiger partial charge in [0.15, 0.2) is 6.61 Å². The molecular weight excluding hydrogens is 483 g/mol. The molecule has 0 aromatic heterocycles. The van der Waals surface area contributed by atoms with Gasteiger partial charge in [-0.05, 0) is 47.5 Å². The van der Waals surface area contributed by atoms with Crippen molar-refractivity contribution in [1.82, 2.24) is 10.2 Å². The fourth-order valence-corrected chi connectivity index (χ4v) is 3.91. The van der Waals surface area contributed by atoms with Gasteiger partial charge in [0.05, 0.1) is 0 Å². The second-order valence-corrected chi connectivity index (χ2v) is 8.60. The molecule has 172 valence electrons. The van der Waals surface area contributed by atoms with Gasteiger partial charge in [-0.25, -0.2) is 0 Å². The number of rotatable bonds is 9. The number of halogens is 3. The highest BCUT2D eigenvalue weighted by molar-refractivity contribution is 6.35. The topological polar surface area (TPSA) is 58.6 Å². The van der Waals surface area contributed by atoms with Crippen LogP contribution in [-0.4, -0.2) is 36.4 Å². The van der Waals surface area contributed by atoms with E-state index in [1.54, 1.807) is 49.5 Å². The molecule has 1 N–H and O–H groups in total. The van der Waals surface area contributed by atoms with Crippen LogP contribution in [0.1, 0.15) is 11.1 Å². The smallest absolute Gasteiger partial charge is 0.261 e. The molecule has 0 aliphatic rings. The third kappa shape index (κ3) is 7.13. The summed E-state index contributed by atoms with van der Waals surface area (Å²) >= 11 is 18.3. The van der Waals surface area contributed by atoms with Crippen molar-refractivity contribution in [2.45, 2.75) is 19.0 Å². The summed E-state index contributed by atoms with van der Waals surface area (Å²) < 4.78 is 5.67. The Balaban J connectivity index is 1.89. The molecule has 0 saturated carbocycles. The standard InChI is InChI=1S/C25H23Cl3N2O3/c1-29-25(32)23(13-17-5-3-2-4-6-17)30(15-18-7-8-20(27)14-22(18)28)24(31)16-33-21-11-9-19(26)10-12-21/h2-12,14,23H,13,15-16H2,1H3,(H,29,32)/t23-/m0/s1. The highest BCUT2D eigenvalue weighted by atomic mass is 35.5. The fourth-order valence-electron chi connectivity index (χ4n) is 3.31. The number of carbonyl (C=O) groups is 2. The minimum absolute atomic E-state index is 0.115. The summed E-state index contributed by atoms with van der Waals surface area (Å²) in [4.78, 5) is 27.7. The Labute approximate surface area is 208 Å². The number of benzene rings is 3. The zero-order chi connectivity index (χ0) is 23.8. The lowest BCUT2D eigenvalue weighted by Gasteiger charge is -2.31. The van der Waals surface area contributed by atoms with E-state index in [9.17, 15) is 9.59 Å². The van der Waals surface area contributed by atoms with Crippen molar-refractivity contribution in [3.05, 3.63) is 99.0 Å². The van der Waals surface area contributed by atoms with Crippen molar-refractivity contribution < 1.29 is 14.3 Å². The molecule has 0 saturated heterocycles. The molecule has 0 fully saturated rings. The van der Waals surface area contributed by atoms with Gasteiger partial charge >= 0.3 is 0 Å². The van der Waals surface area contributed by atoms with E-state index in [1.807, 2.05) is 30.3 Å². The number of likely N-dealkylation sites (N-methyl/N-ethyl adjacent to an activating group) is 1. The zero-order valence-electron chi connectivity index (χ0n) is 17.9. The number of hydrogen-bond donors (Lipinski definition) is 1. The van der Waals surface area contributed by atoms with E-state index in [0.29, 0.717) is 32.8 Å². The molecule has 0 heterocycles. The maximum Gasteiger partial charge on any atom is 0.261 e. The number of nitrogens with one attached hydrogen (secondary N) is 1. The van der Waals surface area contributed by atoms with Crippen molar-refractivity contribution in [1.29, 1.82) is 0 Å². The third-order valence-corrected chi connectivity index (χ3v) is 5.89. The molecule has 0 spiro atoms. The first kappa shape index (κ1) is 24.9. The van der Waals surface area contributed by atoms with Crippen molar-refractivity contribution in [3.8, 4) is 5.75 Å². The van der Waals surface area contributed by atoms with Crippen molar-refractivity contribution >= 4 is 46.6 Å². The van der Waals surface area contributed by atoms with E-state index in [0.717, 1.165) is 5.56 Å². The summed E-state index contributed by atoms with van der Waals surface area (Å²) in [5.74, 6) is -0.152. The number of nitrogens with zero attached hydrogens (tertiary/aromatic N) is 1. The predicted molar refractivity (Wildman–Crippen MR) is 132 cm³/mol. The van der Waals surface area contributed by atoms with Gasteiger partial charge in [0.2, 0.25) is 5.91 Å². The lowest BCUT2D eigenvalue weighted by atomic mass is 10.0. The summed E-state index contributed by atoms with van der Waals surface area (Å²) in [5, 5.41) is 4.13. The van der Waals surface area contributed by atoms with Crippen molar-refractivity contribution in [2.75, 3.05) is 13.7 Å². The van der Waals surface area contributed by atoms with Crippen LogP contribution in [0.25, 0.3) is 0 Å². The lowest BCUT2D eigenvalue weighted by Crippen LogP contribution is -2.51. The van der Waals surface area contributed by atoms with Crippen LogP contribution in [0.5, 0.6) is 5.75 Å². The van der Waals surface area contributed by atoms with E-state index in [1.165, 1.54) is 4.90 Å². The van der Waals surface area contributed by atoms with Gasteiger partial charge in [-0.3, -0.25) is 9.59 Å². The Morgan fingerprint density at radius 3 is 2.24 bits per heavy atom. The second kappa shape index (κ2) is 11.9. The van der Waals surface area contributed by atoms with E-state index < -0.39 is 6.04 Å². The molecule has 33 heavy (non-hydrogen) atoms. The number of carbonyl (C=O) groups excluding carboxylic acids is 2. The normalized spacial score (nSPS) is 11.5. The molecule has 2 amide bonds. The number of ether oxygens (including phenoxy) is 1. The molecule has 3 aromatic rings. The predicted octanol–water partition coefficient (Wildman–Crippen LogP) is 5.41. The van der Waals surface area contributed by atoms with Crippen molar-refractivity contribution in [3.63, 3.8) is 0 Å². The van der Waals surface area contributed by atoms with Gasteiger partial charge < -0.3 is 15.0 Å². The largest absolute Gasteiger partial charge is 0.484 e. The van der Waals surface area contributed by atoms with Gasteiger partial charge in [-0.15, -0.1) is 0 Å². The van der Waals surface area contributed by atoms with Gasteiger partial charge in [0.1, 0.15) is 11.8 Å². The molecular formula is C25H23Cl3N2O3. The molecule has 3 rings (SSSR count). The van der Waals surface area contributed by atoms with Crippen LogP contribution in [0.3, 0.4) is 0 Å². The third-order valence-electron chi connectivity index (χ3n) is 5.05. The summed E-state index contributed by atoms with van der Waals surface area (Å²) in [5.41, 5.74) is 1.59. The van der Waals surface area contributed by atoms with Crippen molar-refractivity contribution in [2.24, 2.45) is 0 Å². The minimum Gasteiger partial charge on any atom is -0.484 e. The lowest BCUT2D eigenvalue weighted by molar-refractivity contribution is -0.142. The second-order valence-electron chi connectivity index (χ2n) is 7.32. The molecule has 1 atom stereocenters. The van der Waals surface area contributed by atoms with E-state index in [-0.39, 0.29) is 25.0 Å². The van der Waals surface area contributed by atoms with Gasteiger partial charge in [-0.2, -0.15) is 0 Å². The summed E-state index contributed by atoms with van der Waals surface area (Å²) in [7, 11) is 1.54. The first-order chi connectivity index (χ1) is 15.9. The van der Waals surface area contributed by atoms with Gasteiger partial charge in [0.25, 0.3) is 5.91 Å². The van der Waals surface area contributed by atoms with E-state index in [2.05, 4.69) is 5.32 Å². The van der Waals surface area contributed by atoms with Crippen LogP contribution < -0.4 is 10.1 Å². The first-order valence-electron chi connectivity index (χ1n) is 10.2. The highest BCUT2D eigenvalue weighted by Crippen LogP contribution is 2.24. The van der Waals surface area contributed by atoms with E-state index >= 15 is 0 Å². The average Bonchev–Trinajstić information content (AvgIpc) is 2.82. The molecule has 0 aliphatic heterocycles. The number of hydrogen-bond acceptors (Lipinski definition) is 3. The van der Waals surface area contributed by atoms with Crippen LogP contribution in [0.4, 0.5) is 0 Å². The van der Waals surface area contributed by atoms with Gasteiger partial charge in [-0.1, -0.05) is 71.2 Å². The summed E-state index contributed by atoms with van der Waals surface area (Å²) in [6.45, 7) is -0.140. The summed E-state index contributed by atoms with van der Waals surface area (Å²) in [6, 6.07) is 20.5. The monoisotopic (exact) mass is 504 g/mol. The van der Waals surface area contributed by atoms with E-state index in [4.69, 9.17) is 39.5 Å². The zero-order valence-corrected chi connectivity index (χ0v) is 20.2. The van der Waals surface area contributed by atoms with Crippen LogP contribution in [0.2, 0.25) is 15.1 Å². The maximum absolute atomic E-state index is 13.3.